The van der Waals surface area contributed by atoms with E-state index >= 15 is 0 Å². The number of piperidine rings is 1. The molecule has 1 aromatic rings. The predicted molar refractivity (Wildman–Crippen MR) is 83.8 cm³/mol. The number of aliphatic hydroxyl groups is 1. The van der Waals surface area contributed by atoms with Crippen LogP contribution in [0.3, 0.4) is 0 Å². The van der Waals surface area contributed by atoms with Crippen LogP contribution in [0.4, 0.5) is 5.82 Å². The summed E-state index contributed by atoms with van der Waals surface area (Å²) in [5.74, 6) is 1.53. The fourth-order valence-corrected chi connectivity index (χ4v) is 3.53. The molecular formula is C15H23ClN4O. The van der Waals surface area contributed by atoms with E-state index in [-0.39, 0.29) is 0 Å². The molecule has 0 spiro atoms. The van der Waals surface area contributed by atoms with Crippen molar-refractivity contribution in [3.8, 4) is 0 Å². The Bertz CT molecular complexity index is 496. The molecule has 0 saturated carbocycles. The molecule has 2 aliphatic heterocycles. The van der Waals surface area contributed by atoms with Gasteiger partial charge in [-0.05, 0) is 45.7 Å². The molecule has 3 rings (SSSR count). The molecule has 0 aromatic carbocycles. The predicted octanol–water partition coefficient (Wildman–Crippen LogP) is 1.87. The largest absolute Gasteiger partial charge is 0.388 e. The maximum Gasteiger partial charge on any atom is 0.151 e. The SMILES string of the molecule is Cc1ncc(Cl)c(N2CCC(O)(CN3CCCC3)CC2)n1. The maximum absolute atomic E-state index is 10.8. The minimum atomic E-state index is -0.560. The van der Waals surface area contributed by atoms with Crippen molar-refractivity contribution >= 4 is 17.4 Å². The van der Waals surface area contributed by atoms with E-state index in [1.54, 1.807) is 6.20 Å². The van der Waals surface area contributed by atoms with E-state index in [1.807, 2.05) is 6.92 Å². The van der Waals surface area contributed by atoms with E-state index in [0.717, 1.165) is 57.2 Å². The lowest BCUT2D eigenvalue weighted by Gasteiger charge is -2.40. The van der Waals surface area contributed by atoms with Gasteiger partial charge in [0.15, 0.2) is 5.82 Å². The van der Waals surface area contributed by atoms with Crippen molar-refractivity contribution in [3.63, 3.8) is 0 Å². The highest BCUT2D eigenvalue weighted by atomic mass is 35.5. The number of likely N-dealkylation sites (tertiary alicyclic amines) is 1. The molecule has 2 aliphatic rings. The highest BCUT2D eigenvalue weighted by Crippen LogP contribution is 2.30. The van der Waals surface area contributed by atoms with Gasteiger partial charge in [0.25, 0.3) is 0 Å². The van der Waals surface area contributed by atoms with Crippen molar-refractivity contribution in [2.75, 3.05) is 37.6 Å². The molecule has 1 N–H and O–H groups in total. The van der Waals surface area contributed by atoms with Crippen LogP contribution in [0.15, 0.2) is 6.20 Å². The van der Waals surface area contributed by atoms with Crippen molar-refractivity contribution in [3.05, 3.63) is 17.0 Å². The van der Waals surface area contributed by atoms with Crippen LogP contribution in [0, 0.1) is 6.92 Å². The molecule has 6 heteroatoms. The molecule has 116 valence electrons. The highest BCUT2D eigenvalue weighted by Gasteiger charge is 2.35. The van der Waals surface area contributed by atoms with Gasteiger partial charge in [0.05, 0.1) is 11.8 Å². The Labute approximate surface area is 130 Å². The smallest absolute Gasteiger partial charge is 0.151 e. The van der Waals surface area contributed by atoms with Gasteiger partial charge in [-0.3, -0.25) is 0 Å². The zero-order valence-corrected chi connectivity index (χ0v) is 13.3. The van der Waals surface area contributed by atoms with Gasteiger partial charge >= 0.3 is 0 Å². The topological polar surface area (TPSA) is 52.5 Å². The van der Waals surface area contributed by atoms with Crippen molar-refractivity contribution in [2.24, 2.45) is 0 Å². The fraction of sp³-hybridized carbons (Fsp3) is 0.733. The molecule has 0 bridgehead atoms. The average Bonchev–Trinajstić information content (AvgIpc) is 2.95. The van der Waals surface area contributed by atoms with E-state index in [1.165, 1.54) is 12.8 Å². The Morgan fingerprint density at radius 1 is 1.24 bits per heavy atom. The Morgan fingerprint density at radius 2 is 1.90 bits per heavy atom. The summed E-state index contributed by atoms with van der Waals surface area (Å²) < 4.78 is 0. The van der Waals surface area contributed by atoms with Crippen LogP contribution in [0.1, 0.15) is 31.5 Å². The summed E-state index contributed by atoms with van der Waals surface area (Å²) in [6, 6.07) is 0. The van der Waals surface area contributed by atoms with Gasteiger partial charge in [-0.1, -0.05) is 11.6 Å². The molecule has 0 atom stereocenters. The van der Waals surface area contributed by atoms with Gasteiger partial charge in [-0.2, -0.15) is 0 Å². The van der Waals surface area contributed by atoms with Gasteiger partial charge in [0, 0.05) is 19.6 Å². The Morgan fingerprint density at radius 3 is 2.57 bits per heavy atom. The Balaban J connectivity index is 1.62. The zero-order valence-electron chi connectivity index (χ0n) is 12.6. The first-order valence-electron chi connectivity index (χ1n) is 7.75. The zero-order chi connectivity index (χ0) is 14.9. The highest BCUT2D eigenvalue weighted by molar-refractivity contribution is 6.32. The number of halogens is 1. The Kier molecular flexibility index (Phi) is 4.33. The lowest BCUT2D eigenvalue weighted by atomic mass is 9.91. The van der Waals surface area contributed by atoms with Gasteiger partial charge in [-0.15, -0.1) is 0 Å². The summed E-state index contributed by atoms with van der Waals surface area (Å²) in [4.78, 5) is 13.1. The normalized spacial score (nSPS) is 22.7. The Hall–Kier alpha value is -0.910. The summed E-state index contributed by atoms with van der Waals surface area (Å²) >= 11 is 6.20. The number of β-amino-alcohol motifs (C(OH)–C–C–N with tert-alkyl or cyclic N) is 1. The third-order valence-electron chi connectivity index (χ3n) is 4.56. The number of rotatable bonds is 3. The summed E-state index contributed by atoms with van der Waals surface area (Å²) in [5, 5.41) is 11.4. The van der Waals surface area contributed by atoms with Crippen LogP contribution < -0.4 is 4.90 Å². The first-order chi connectivity index (χ1) is 10.1. The van der Waals surface area contributed by atoms with Crippen molar-refractivity contribution in [1.29, 1.82) is 0 Å². The van der Waals surface area contributed by atoms with Crippen LogP contribution in [-0.4, -0.2) is 58.3 Å². The van der Waals surface area contributed by atoms with E-state index in [9.17, 15) is 5.11 Å². The minimum Gasteiger partial charge on any atom is -0.388 e. The van der Waals surface area contributed by atoms with Crippen molar-refractivity contribution < 1.29 is 5.11 Å². The van der Waals surface area contributed by atoms with Gasteiger partial charge < -0.3 is 14.9 Å². The molecule has 2 fully saturated rings. The second kappa shape index (κ2) is 6.07. The average molecular weight is 311 g/mol. The molecular weight excluding hydrogens is 288 g/mol. The van der Waals surface area contributed by atoms with Gasteiger partial charge in [-0.25, -0.2) is 9.97 Å². The lowest BCUT2D eigenvalue weighted by Crippen LogP contribution is -2.50. The van der Waals surface area contributed by atoms with Crippen LogP contribution in [-0.2, 0) is 0 Å². The molecule has 3 heterocycles. The molecule has 0 radical (unpaired) electrons. The van der Waals surface area contributed by atoms with Crippen molar-refractivity contribution in [2.45, 2.75) is 38.2 Å². The van der Waals surface area contributed by atoms with Crippen LogP contribution in [0.5, 0.6) is 0 Å². The number of aryl methyl sites for hydroxylation is 1. The number of hydrogen-bond donors (Lipinski definition) is 1. The van der Waals surface area contributed by atoms with Gasteiger partial charge in [0.2, 0.25) is 0 Å². The second-order valence-corrected chi connectivity index (χ2v) is 6.69. The number of anilines is 1. The molecule has 2 saturated heterocycles. The third kappa shape index (κ3) is 3.47. The molecule has 0 unspecified atom stereocenters. The molecule has 21 heavy (non-hydrogen) atoms. The van der Waals surface area contributed by atoms with E-state index < -0.39 is 5.60 Å². The number of nitrogens with zero attached hydrogens (tertiary/aromatic N) is 4. The first-order valence-corrected chi connectivity index (χ1v) is 8.12. The molecule has 1 aromatic heterocycles. The summed E-state index contributed by atoms with van der Waals surface area (Å²) in [6.45, 7) is 6.51. The summed E-state index contributed by atoms with van der Waals surface area (Å²) in [7, 11) is 0. The minimum absolute atomic E-state index is 0.560. The maximum atomic E-state index is 10.8. The van der Waals surface area contributed by atoms with E-state index in [0.29, 0.717) is 5.02 Å². The van der Waals surface area contributed by atoms with E-state index in [4.69, 9.17) is 11.6 Å². The van der Waals surface area contributed by atoms with Crippen molar-refractivity contribution in [1.82, 2.24) is 14.9 Å². The second-order valence-electron chi connectivity index (χ2n) is 6.28. The fourth-order valence-electron chi connectivity index (χ4n) is 3.31. The molecule has 0 amide bonds. The first kappa shape index (κ1) is 15.0. The van der Waals surface area contributed by atoms with Crippen LogP contribution >= 0.6 is 11.6 Å². The van der Waals surface area contributed by atoms with Gasteiger partial charge in [0.1, 0.15) is 10.8 Å². The monoisotopic (exact) mass is 310 g/mol. The number of hydrogen-bond acceptors (Lipinski definition) is 5. The quantitative estimate of drug-likeness (QED) is 0.923. The standard InChI is InChI=1S/C15H23ClN4O/c1-12-17-10-13(16)14(18-12)20-8-4-15(21,5-9-20)11-19-6-2-3-7-19/h10,21H,2-9,11H2,1H3. The summed E-state index contributed by atoms with van der Waals surface area (Å²) in [5.41, 5.74) is -0.560. The summed E-state index contributed by atoms with van der Waals surface area (Å²) in [6.07, 6.45) is 5.71. The third-order valence-corrected chi connectivity index (χ3v) is 4.82. The lowest BCUT2D eigenvalue weighted by molar-refractivity contribution is -0.0111. The molecule has 5 nitrogen and oxygen atoms in total. The van der Waals surface area contributed by atoms with Crippen LogP contribution in [0.2, 0.25) is 5.02 Å². The number of aromatic nitrogens is 2. The molecule has 0 aliphatic carbocycles. The van der Waals surface area contributed by atoms with Crippen LogP contribution in [0.25, 0.3) is 0 Å². The van der Waals surface area contributed by atoms with E-state index in [2.05, 4.69) is 19.8 Å².